The van der Waals surface area contributed by atoms with Gasteiger partial charge >= 0.3 is 0 Å². The number of nitrogens with zero attached hydrogens (tertiary/aromatic N) is 1. The van der Waals surface area contributed by atoms with E-state index < -0.39 is 0 Å². The topological polar surface area (TPSA) is 44.4 Å². The van der Waals surface area contributed by atoms with Crippen molar-refractivity contribution >= 4 is 12.1 Å². The molecule has 2 aliphatic rings. The molecule has 0 atom stereocenters. The van der Waals surface area contributed by atoms with Gasteiger partial charge in [-0.15, -0.1) is 0 Å². The minimum Gasteiger partial charge on any atom is -0.374 e. The number of hydrogen-bond donors (Lipinski definition) is 2. The van der Waals surface area contributed by atoms with Crippen LogP contribution >= 0.6 is 0 Å². The molecule has 3 rings (SSSR count). The summed E-state index contributed by atoms with van der Waals surface area (Å²) in [5.41, 5.74) is 3.51. The van der Waals surface area contributed by atoms with E-state index in [-0.39, 0.29) is 0 Å². The monoisotopic (exact) mass is 289 g/mol. The van der Waals surface area contributed by atoms with E-state index in [0.29, 0.717) is 11.8 Å². The van der Waals surface area contributed by atoms with Crippen LogP contribution in [0.15, 0.2) is 24.3 Å². The molecular weight excluding hydrogens is 262 g/mol. The molecule has 0 radical (unpaired) electrons. The highest BCUT2D eigenvalue weighted by Crippen LogP contribution is 2.44. The van der Waals surface area contributed by atoms with Gasteiger partial charge in [-0.1, -0.05) is 18.2 Å². The summed E-state index contributed by atoms with van der Waals surface area (Å²) in [7, 11) is 3.80. The van der Waals surface area contributed by atoms with E-state index in [9.17, 15) is 0 Å². The van der Waals surface area contributed by atoms with Gasteiger partial charge in [0.25, 0.3) is 0 Å². The standard InChI is InChI=1S/C15H22N2.C2H5NO/c1-17-12-4-7-15(8-10-16-11-9-15)13-5-2-3-6-14(13)17;1-3-2-4/h2-3,5-6,16H,4,7-12H2,1H3;2H,1H3,(H,3,4). The largest absolute Gasteiger partial charge is 0.374 e. The third-order valence-corrected chi connectivity index (χ3v) is 4.71. The number of hydrogen-bond acceptors (Lipinski definition) is 3. The second-order valence-electron chi connectivity index (χ2n) is 5.98. The molecule has 2 aliphatic heterocycles. The Morgan fingerprint density at radius 2 is 1.90 bits per heavy atom. The third kappa shape index (κ3) is 3.56. The van der Waals surface area contributed by atoms with Gasteiger partial charge in [0, 0.05) is 26.3 Å². The zero-order valence-corrected chi connectivity index (χ0v) is 13.2. The minimum absolute atomic E-state index is 0.451. The molecule has 1 amide bonds. The molecule has 4 nitrogen and oxygen atoms in total. The average Bonchev–Trinajstić information content (AvgIpc) is 2.67. The molecule has 0 bridgehead atoms. The number of piperidine rings is 1. The van der Waals surface area contributed by atoms with Crippen molar-refractivity contribution in [2.24, 2.45) is 0 Å². The third-order valence-electron chi connectivity index (χ3n) is 4.71. The maximum Gasteiger partial charge on any atom is 0.206 e. The van der Waals surface area contributed by atoms with Gasteiger partial charge in [0.05, 0.1) is 0 Å². The van der Waals surface area contributed by atoms with Crippen molar-refractivity contribution < 1.29 is 4.79 Å². The van der Waals surface area contributed by atoms with Crippen molar-refractivity contribution in [3.63, 3.8) is 0 Å². The molecule has 0 aromatic heterocycles. The molecule has 4 heteroatoms. The van der Waals surface area contributed by atoms with E-state index in [4.69, 9.17) is 4.79 Å². The Kier molecular flexibility index (Phi) is 5.62. The van der Waals surface area contributed by atoms with Crippen LogP contribution in [0.4, 0.5) is 5.69 Å². The summed E-state index contributed by atoms with van der Waals surface area (Å²) in [5.74, 6) is 0. The highest BCUT2D eigenvalue weighted by atomic mass is 16.1. The summed E-state index contributed by atoms with van der Waals surface area (Å²) in [6, 6.07) is 9.05. The van der Waals surface area contributed by atoms with Crippen molar-refractivity contribution in [1.82, 2.24) is 10.6 Å². The lowest BCUT2D eigenvalue weighted by molar-refractivity contribution is -0.109. The van der Waals surface area contributed by atoms with Crippen LogP contribution in [0, 0.1) is 0 Å². The number of para-hydroxylation sites is 1. The summed E-state index contributed by atoms with van der Waals surface area (Å²) < 4.78 is 0. The first-order chi connectivity index (χ1) is 10.2. The molecule has 2 N–H and O–H groups in total. The van der Waals surface area contributed by atoms with Crippen molar-refractivity contribution in [2.45, 2.75) is 31.1 Å². The Hall–Kier alpha value is -1.55. The van der Waals surface area contributed by atoms with E-state index in [1.54, 1.807) is 12.6 Å². The minimum atomic E-state index is 0.451. The SMILES string of the molecule is CN1CCCC2(CCNCC2)c2ccccc21.CNC=O. The van der Waals surface area contributed by atoms with Crippen molar-refractivity contribution in [3.8, 4) is 0 Å². The van der Waals surface area contributed by atoms with Crippen molar-refractivity contribution in [3.05, 3.63) is 29.8 Å². The van der Waals surface area contributed by atoms with Gasteiger partial charge in [-0.05, 0) is 55.8 Å². The fourth-order valence-corrected chi connectivity index (χ4v) is 3.59. The molecule has 0 saturated carbocycles. The highest BCUT2D eigenvalue weighted by molar-refractivity contribution is 5.57. The number of rotatable bonds is 1. The molecule has 0 aliphatic carbocycles. The lowest BCUT2D eigenvalue weighted by atomic mass is 9.70. The summed E-state index contributed by atoms with van der Waals surface area (Å²) in [4.78, 5) is 11.5. The quantitative estimate of drug-likeness (QED) is 0.776. The zero-order valence-electron chi connectivity index (χ0n) is 13.2. The molecule has 1 saturated heterocycles. The van der Waals surface area contributed by atoms with E-state index in [2.05, 4.69) is 46.8 Å². The number of amides is 1. The molecule has 2 heterocycles. The van der Waals surface area contributed by atoms with Gasteiger partial charge in [-0.3, -0.25) is 4.79 Å². The van der Waals surface area contributed by atoms with Crippen molar-refractivity contribution in [1.29, 1.82) is 0 Å². The van der Waals surface area contributed by atoms with Gasteiger partial charge in [-0.2, -0.15) is 0 Å². The first kappa shape index (κ1) is 15.8. The van der Waals surface area contributed by atoms with Crippen LogP contribution in [0.2, 0.25) is 0 Å². The van der Waals surface area contributed by atoms with Gasteiger partial charge < -0.3 is 15.5 Å². The van der Waals surface area contributed by atoms with Gasteiger partial charge in [0.1, 0.15) is 0 Å². The highest BCUT2D eigenvalue weighted by Gasteiger charge is 2.37. The summed E-state index contributed by atoms with van der Waals surface area (Å²) in [6.45, 7) is 3.56. The fourth-order valence-electron chi connectivity index (χ4n) is 3.59. The summed E-state index contributed by atoms with van der Waals surface area (Å²) in [6.07, 6.45) is 5.91. The van der Waals surface area contributed by atoms with Crippen LogP contribution in [0.5, 0.6) is 0 Å². The van der Waals surface area contributed by atoms with Crippen LogP contribution in [0.1, 0.15) is 31.2 Å². The number of nitrogens with one attached hydrogen (secondary N) is 2. The van der Waals surface area contributed by atoms with E-state index in [1.807, 2.05) is 0 Å². The molecule has 1 aromatic rings. The van der Waals surface area contributed by atoms with Crippen LogP contribution in [0.25, 0.3) is 0 Å². The van der Waals surface area contributed by atoms with Gasteiger partial charge in [0.15, 0.2) is 0 Å². The van der Waals surface area contributed by atoms with E-state index in [1.165, 1.54) is 51.0 Å². The molecule has 0 unspecified atom stereocenters. The van der Waals surface area contributed by atoms with E-state index in [0.717, 1.165) is 0 Å². The van der Waals surface area contributed by atoms with Gasteiger partial charge in [-0.25, -0.2) is 0 Å². The smallest absolute Gasteiger partial charge is 0.206 e. The van der Waals surface area contributed by atoms with E-state index >= 15 is 0 Å². The Bertz CT molecular complexity index is 455. The predicted octanol–water partition coefficient (Wildman–Crippen LogP) is 1.90. The normalized spacial score (nSPS) is 19.8. The second-order valence-corrected chi connectivity index (χ2v) is 5.98. The Morgan fingerprint density at radius 3 is 2.57 bits per heavy atom. The number of anilines is 1. The molecule has 21 heavy (non-hydrogen) atoms. The Labute approximate surface area is 127 Å². The number of carbonyl (C=O) groups is 1. The number of fused-ring (bicyclic) bond motifs is 2. The first-order valence-electron chi connectivity index (χ1n) is 7.86. The molecule has 116 valence electrons. The Balaban J connectivity index is 0.000000361. The maximum atomic E-state index is 9.06. The van der Waals surface area contributed by atoms with Crippen molar-refractivity contribution in [2.75, 3.05) is 38.6 Å². The van der Waals surface area contributed by atoms with Crippen LogP contribution < -0.4 is 15.5 Å². The number of benzene rings is 1. The molecule has 1 aromatic carbocycles. The van der Waals surface area contributed by atoms with Crippen LogP contribution in [-0.2, 0) is 10.2 Å². The molecule has 1 spiro atoms. The predicted molar refractivity (Wildman–Crippen MR) is 87.9 cm³/mol. The van der Waals surface area contributed by atoms with Crippen LogP contribution in [0.3, 0.4) is 0 Å². The lowest BCUT2D eigenvalue weighted by Crippen LogP contribution is -2.39. The Morgan fingerprint density at radius 1 is 1.24 bits per heavy atom. The second kappa shape index (κ2) is 7.46. The molecular formula is C17H27N3O. The fraction of sp³-hybridized carbons (Fsp3) is 0.588. The van der Waals surface area contributed by atoms with Gasteiger partial charge in [0.2, 0.25) is 6.41 Å². The average molecular weight is 289 g/mol. The number of carbonyl (C=O) groups excluding carboxylic acids is 1. The zero-order chi connectivity index (χ0) is 15.1. The van der Waals surface area contributed by atoms with Crippen LogP contribution in [-0.4, -0.2) is 40.1 Å². The first-order valence-corrected chi connectivity index (χ1v) is 7.86. The lowest BCUT2D eigenvalue weighted by Gasteiger charge is -2.38. The molecule has 1 fully saturated rings. The summed E-state index contributed by atoms with van der Waals surface area (Å²) >= 11 is 0. The maximum absolute atomic E-state index is 9.06. The summed E-state index contributed by atoms with van der Waals surface area (Å²) in [5, 5.41) is 5.76.